The largest absolute Gasteiger partial charge is 0.312 e. The summed E-state index contributed by atoms with van der Waals surface area (Å²) in [6, 6.07) is 0.836. The van der Waals surface area contributed by atoms with Crippen molar-refractivity contribution in [2.45, 2.75) is 65.0 Å². The predicted molar refractivity (Wildman–Crippen MR) is 74.2 cm³/mol. The third kappa shape index (κ3) is 3.69. The van der Waals surface area contributed by atoms with Gasteiger partial charge in [0, 0.05) is 18.1 Å². The molecular weight excluding hydrogens is 208 g/mol. The van der Waals surface area contributed by atoms with Crippen molar-refractivity contribution in [2.75, 3.05) is 19.6 Å². The first-order chi connectivity index (χ1) is 7.96. The highest BCUT2D eigenvalue weighted by Gasteiger charge is 2.32. The minimum absolute atomic E-state index is 0.271. The first kappa shape index (κ1) is 13.4. The highest BCUT2D eigenvalue weighted by atomic mass is 15.2. The van der Waals surface area contributed by atoms with Gasteiger partial charge in [0.05, 0.1) is 0 Å². The lowest BCUT2D eigenvalue weighted by molar-refractivity contribution is 0.127. The molecule has 0 aromatic heterocycles. The van der Waals surface area contributed by atoms with E-state index in [0.29, 0.717) is 0 Å². The molecule has 2 fully saturated rings. The molecule has 0 radical (unpaired) electrons. The molecule has 0 amide bonds. The lowest BCUT2D eigenvalue weighted by Gasteiger charge is -2.37. The highest BCUT2D eigenvalue weighted by molar-refractivity contribution is 4.87. The van der Waals surface area contributed by atoms with E-state index >= 15 is 0 Å². The number of rotatable bonds is 4. The Labute approximate surface area is 107 Å². The maximum Gasteiger partial charge on any atom is 0.00966 e. The summed E-state index contributed by atoms with van der Waals surface area (Å²) < 4.78 is 0. The number of nitrogens with one attached hydrogen (secondary N) is 1. The van der Waals surface area contributed by atoms with Crippen molar-refractivity contribution in [3.05, 3.63) is 0 Å². The number of hydrogen-bond donors (Lipinski definition) is 1. The maximum absolute atomic E-state index is 3.65. The second kappa shape index (κ2) is 5.27. The third-order valence-electron chi connectivity index (χ3n) is 4.65. The lowest BCUT2D eigenvalue weighted by Crippen LogP contribution is -2.42. The Morgan fingerprint density at radius 1 is 1.24 bits per heavy atom. The summed E-state index contributed by atoms with van der Waals surface area (Å²) in [5, 5.41) is 3.65. The van der Waals surface area contributed by atoms with E-state index in [9.17, 15) is 0 Å². The summed E-state index contributed by atoms with van der Waals surface area (Å²) in [5.41, 5.74) is 0.271. The van der Waals surface area contributed by atoms with Gasteiger partial charge >= 0.3 is 0 Å². The van der Waals surface area contributed by atoms with Crippen LogP contribution in [-0.4, -0.2) is 36.1 Å². The van der Waals surface area contributed by atoms with Gasteiger partial charge in [0.1, 0.15) is 0 Å². The van der Waals surface area contributed by atoms with Gasteiger partial charge in [-0.2, -0.15) is 0 Å². The summed E-state index contributed by atoms with van der Waals surface area (Å²) in [5.74, 6) is 1.88. The Balaban J connectivity index is 1.71. The lowest BCUT2D eigenvalue weighted by atomic mass is 9.80. The molecule has 1 aliphatic heterocycles. The maximum atomic E-state index is 3.65. The molecule has 2 aliphatic rings. The van der Waals surface area contributed by atoms with Crippen LogP contribution in [-0.2, 0) is 0 Å². The fraction of sp³-hybridized carbons (Fsp3) is 1.00. The van der Waals surface area contributed by atoms with Gasteiger partial charge in [0.15, 0.2) is 0 Å². The summed E-state index contributed by atoms with van der Waals surface area (Å²) in [4.78, 5) is 2.73. The van der Waals surface area contributed by atoms with Crippen molar-refractivity contribution < 1.29 is 0 Å². The van der Waals surface area contributed by atoms with Gasteiger partial charge in [0.25, 0.3) is 0 Å². The van der Waals surface area contributed by atoms with Gasteiger partial charge < -0.3 is 10.2 Å². The van der Waals surface area contributed by atoms with Gasteiger partial charge in [-0.3, -0.25) is 0 Å². The van der Waals surface area contributed by atoms with Crippen LogP contribution in [0.3, 0.4) is 0 Å². The molecule has 1 heterocycles. The second-order valence-corrected chi connectivity index (χ2v) is 7.21. The van der Waals surface area contributed by atoms with E-state index in [0.717, 1.165) is 17.9 Å². The molecule has 0 bridgehead atoms. The zero-order valence-corrected chi connectivity index (χ0v) is 12.1. The second-order valence-electron chi connectivity index (χ2n) is 7.21. The Hall–Kier alpha value is -0.0800. The van der Waals surface area contributed by atoms with Gasteiger partial charge in [-0.05, 0) is 71.9 Å². The van der Waals surface area contributed by atoms with Crippen LogP contribution in [0.15, 0.2) is 0 Å². The fourth-order valence-corrected chi connectivity index (χ4v) is 3.07. The molecule has 1 N–H and O–H groups in total. The van der Waals surface area contributed by atoms with Crippen molar-refractivity contribution in [3.63, 3.8) is 0 Å². The van der Waals surface area contributed by atoms with Crippen LogP contribution in [0.4, 0.5) is 0 Å². The molecule has 0 spiro atoms. The minimum Gasteiger partial charge on any atom is -0.312 e. The molecule has 100 valence electrons. The Morgan fingerprint density at radius 3 is 2.47 bits per heavy atom. The van der Waals surface area contributed by atoms with E-state index in [1.165, 1.54) is 45.3 Å². The average molecular weight is 238 g/mol. The van der Waals surface area contributed by atoms with Crippen LogP contribution >= 0.6 is 0 Å². The molecule has 2 unspecified atom stereocenters. The molecule has 0 aromatic carbocycles. The molecule has 2 heteroatoms. The molecule has 2 nitrogen and oxygen atoms in total. The van der Waals surface area contributed by atoms with Gasteiger partial charge in [0.2, 0.25) is 0 Å². The average Bonchev–Trinajstić information content (AvgIpc) is 2.58. The summed E-state index contributed by atoms with van der Waals surface area (Å²) >= 11 is 0. The van der Waals surface area contributed by atoms with Crippen LogP contribution in [0.25, 0.3) is 0 Å². The number of likely N-dealkylation sites (tertiary alicyclic amines) is 1. The Kier molecular flexibility index (Phi) is 4.14. The summed E-state index contributed by atoms with van der Waals surface area (Å²) in [7, 11) is 0. The third-order valence-corrected chi connectivity index (χ3v) is 4.65. The normalized spacial score (nSPS) is 29.3. The molecule has 1 saturated heterocycles. The fourth-order valence-electron chi connectivity index (χ4n) is 3.07. The molecule has 2 atom stereocenters. The zero-order chi connectivity index (χ0) is 12.5. The quantitative estimate of drug-likeness (QED) is 0.810. The molecule has 1 saturated carbocycles. The summed E-state index contributed by atoms with van der Waals surface area (Å²) in [6.07, 6.45) is 5.81. The predicted octanol–water partition coefficient (Wildman–Crippen LogP) is 2.89. The first-order valence-electron chi connectivity index (χ1n) is 7.45. The van der Waals surface area contributed by atoms with E-state index in [2.05, 4.69) is 37.9 Å². The van der Waals surface area contributed by atoms with Crippen LogP contribution in [0, 0.1) is 11.8 Å². The van der Waals surface area contributed by atoms with Gasteiger partial charge in [-0.15, -0.1) is 0 Å². The monoisotopic (exact) mass is 238 g/mol. The smallest absolute Gasteiger partial charge is 0.00966 e. The van der Waals surface area contributed by atoms with Crippen molar-refractivity contribution in [1.29, 1.82) is 0 Å². The minimum atomic E-state index is 0.271. The molecule has 1 aliphatic carbocycles. The van der Waals surface area contributed by atoms with Crippen molar-refractivity contribution in [3.8, 4) is 0 Å². The van der Waals surface area contributed by atoms with Gasteiger partial charge in [-0.25, -0.2) is 0 Å². The molecular formula is C15H30N2. The van der Waals surface area contributed by atoms with Crippen LogP contribution in [0.2, 0.25) is 0 Å². The standard InChI is InChI=1S/C15H30N2/c1-12(14-6-5-7-14)17-9-8-13(11-17)10-16-15(2,3)4/h12-14,16H,5-11H2,1-4H3. The number of hydrogen-bond acceptors (Lipinski definition) is 2. The van der Waals surface area contributed by atoms with Crippen molar-refractivity contribution >= 4 is 0 Å². The van der Waals surface area contributed by atoms with Crippen LogP contribution in [0.1, 0.15) is 53.4 Å². The molecule has 2 rings (SSSR count). The van der Waals surface area contributed by atoms with Crippen LogP contribution in [0.5, 0.6) is 0 Å². The molecule has 17 heavy (non-hydrogen) atoms. The van der Waals surface area contributed by atoms with Crippen molar-refractivity contribution in [2.24, 2.45) is 11.8 Å². The van der Waals surface area contributed by atoms with E-state index in [4.69, 9.17) is 0 Å². The van der Waals surface area contributed by atoms with Crippen LogP contribution < -0.4 is 5.32 Å². The zero-order valence-electron chi connectivity index (χ0n) is 12.1. The van der Waals surface area contributed by atoms with Crippen molar-refractivity contribution in [1.82, 2.24) is 10.2 Å². The van der Waals surface area contributed by atoms with Gasteiger partial charge in [-0.1, -0.05) is 6.42 Å². The SMILES string of the molecule is CC(C1CCC1)N1CCC(CNC(C)(C)C)C1. The van der Waals surface area contributed by atoms with E-state index < -0.39 is 0 Å². The summed E-state index contributed by atoms with van der Waals surface area (Å²) in [6.45, 7) is 13.1. The van der Waals surface area contributed by atoms with E-state index in [-0.39, 0.29) is 5.54 Å². The van der Waals surface area contributed by atoms with E-state index in [1.54, 1.807) is 0 Å². The topological polar surface area (TPSA) is 15.3 Å². The number of nitrogens with zero attached hydrogens (tertiary/aromatic N) is 1. The Morgan fingerprint density at radius 2 is 1.94 bits per heavy atom. The Bertz CT molecular complexity index is 240. The first-order valence-corrected chi connectivity index (χ1v) is 7.45. The molecule has 0 aromatic rings. The highest BCUT2D eigenvalue weighted by Crippen LogP contribution is 2.34. The van der Waals surface area contributed by atoms with E-state index in [1.807, 2.05) is 0 Å².